The standard InChI is InChI=1S/C22H19ClN2O/c1-16(17-12-14-20(23)15-13-17)24-25-22(26)21(18-8-4-2-5-9-18)19-10-6-3-7-11-19/h2-15,21H,1H3,(H,25,26)/b24-16+. The molecule has 4 heteroatoms. The van der Waals surface area contributed by atoms with Crippen molar-refractivity contribution in [1.82, 2.24) is 5.43 Å². The van der Waals surface area contributed by atoms with Crippen LogP contribution in [-0.2, 0) is 4.79 Å². The average molecular weight is 363 g/mol. The highest BCUT2D eigenvalue weighted by atomic mass is 35.5. The molecule has 3 aromatic rings. The first-order valence-corrected chi connectivity index (χ1v) is 8.73. The van der Waals surface area contributed by atoms with Crippen LogP contribution in [0.4, 0.5) is 0 Å². The summed E-state index contributed by atoms with van der Waals surface area (Å²) in [6.45, 7) is 1.85. The van der Waals surface area contributed by atoms with Gasteiger partial charge in [-0.15, -0.1) is 0 Å². The zero-order valence-corrected chi connectivity index (χ0v) is 15.1. The van der Waals surface area contributed by atoms with E-state index in [4.69, 9.17) is 11.6 Å². The summed E-state index contributed by atoms with van der Waals surface area (Å²) < 4.78 is 0. The van der Waals surface area contributed by atoms with Crippen LogP contribution in [0.2, 0.25) is 5.02 Å². The van der Waals surface area contributed by atoms with E-state index in [-0.39, 0.29) is 5.91 Å². The molecule has 0 heterocycles. The second-order valence-electron chi connectivity index (χ2n) is 5.93. The summed E-state index contributed by atoms with van der Waals surface area (Å²) >= 11 is 5.91. The highest BCUT2D eigenvalue weighted by Crippen LogP contribution is 2.24. The zero-order valence-electron chi connectivity index (χ0n) is 14.4. The lowest BCUT2D eigenvalue weighted by atomic mass is 9.91. The van der Waals surface area contributed by atoms with Crippen molar-refractivity contribution in [2.24, 2.45) is 5.10 Å². The fourth-order valence-electron chi connectivity index (χ4n) is 2.75. The number of nitrogens with one attached hydrogen (secondary N) is 1. The van der Waals surface area contributed by atoms with E-state index in [1.807, 2.05) is 79.7 Å². The van der Waals surface area contributed by atoms with Crippen LogP contribution in [0.15, 0.2) is 90.0 Å². The van der Waals surface area contributed by atoms with Crippen molar-refractivity contribution < 1.29 is 4.79 Å². The van der Waals surface area contributed by atoms with E-state index in [1.54, 1.807) is 12.1 Å². The third-order valence-electron chi connectivity index (χ3n) is 4.12. The number of rotatable bonds is 5. The molecule has 0 unspecified atom stereocenters. The number of hydrazone groups is 1. The van der Waals surface area contributed by atoms with Gasteiger partial charge in [0, 0.05) is 5.02 Å². The Hall–Kier alpha value is -2.91. The number of nitrogens with zero attached hydrogens (tertiary/aromatic N) is 1. The molecule has 0 bridgehead atoms. The van der Waals surface area contributed by atoms with Crippen LogP contribution >= 0.6 is 11.6 Å². The number of amides is 1. The van der Waals surface area contributed by atoms with E-state index < -0.39 is 5.92 Å². The predicted octanol–water partition coefficient (Wildman–Crippen LogP) is 5.01. The summed E-state index contributed by atoms with van der Waals surface area (Å²) in [7, 11) is 0. The number of carbonyl (C=O) groups is 1. The number of hydrogen-bond acceptors (Lipinski definition) is 2. The molecule has 0 spiro atoms. The molecule has 3 nitrogen and oxygen atoms in total. The summed E-state index contributed by atoms with van der Waals surface area (Å²) in [5, 5.41) is 4.94. The molecule has 0 aliphatic heterocycles. The minimum Gasteiger partial charge on any atom is -0.272 e. The van der Waals surface area contributed by atoms with Crippen molar-refractivity contribution in [2.75, 3.05) is 0 Å². The Balaban J connectivity index is 1.84. The lowest BCUT2D eigenvalue weighted by molar-refractivity contribution is -0.121. The Bertz CT molecular complexity index is 851. The SMILES string of the molecule is C/C(=N\NC(=O)C(c1ccccc1)c1ccccc1)c1ccc(Cl)cc1. The van der Waals surface area contributed by atoms with Crippen molar-refractivity contribution in [3.8, 4) is 0 Å². The van der Waals surface area contributed by atoms with Gasteiger partial charge in [-0.05, 0) is 35.7 Å². The summed E-state index contributed by atoms with van der Waals surface area (Å²) in [5.74, 6) is -0.588. The normalized spacial score (nSPS) is 11.4. The second kappa shape index (κ2) is 8.45. The van der Waals surface area contributed by atoms with Gasteiger partial charge in [-0.1, -0.05) is 84.4 Å². The van der Waals surface area contributed by atoms with Crippen LogP contribution in [0.25, 0.3) is 0 Å². The topological polar surface area (TPSA) is 41.5 Å². The molecule has 0 saturated carbocycles. The Morgan fingerprint density at radius 2 is 1.35 bits per heavy atom. The van der Waals surface area contributed by atoms with Crippen LogP contribution in [0, 0.1) is 0 Å². The van der Waals surface area contributed by atoms with E-state index >= 15 is 0 Å². The third kappa shape index (κ3) is 4.38. The summed E-state index contributed by atoms with van der Waals surface area (Å²) in [6, 6.07) is 26.8. The number of carbonyl (C=O) groups excluding carboxylic acids is 1. The largest absolute Gasteiger partial charge is 0.272 e. The first-order chi connectivity index (χ1) is 12.6. The van der Waals surface area contributed by atoms with E-state index in [2.05, 4.69) is 10.5 Å². The summed E-state index contributed by atoms with van der Waals surface area (Å²) in [5.41, 5.74) is 6.19. The maximum Gasteiger partial charge on any atom is 0.252 e. The smallest absolute Gasteiger partial charge is 0.252 e. The minimum atomic E-state index is -0.417. The van der Waals surface area contributed by atoms with Gasteiger partial charge in [0.2, 0.25) is 0 Å². The third-order valence-corrected chi connectivity index (χ3v) is 4.38. The molecule has 26 heavy (non-hydrogen) atoms. The molecule has 0 saturated heterocycles. The van der Waals surface area contributed by atoms with Gasteiger partial charge in [-0.25, -0.2) is 5.43 Å². The fraction of sp³-hybridized carbons (Fsp3) is 0.0909. The molecule has 0 aromatic heterocycles. The maximum absolute atomic E-state index is 12.9. The number of halogens is 1. The highest BCUT2D eigenvalue weighted by molar-refractivity contribution is 6.30. The molecule has 3 aromatic carbocycles. The molecular weight excluding hydrogens is 344 g/mol. The lowest BCUT2D eigenvalue weighted by Gasteiger charge is -2.16. The van der Waals surface area contributed by atoms with E-state index in [1.165, 1.54) is 0 Å². The van der Waals surface area contributed by atoms with Crippen molar-refractivity contribution >= 4 is 23.2 Å². The van der Waals surface area contributed by atoms with Gasteiger partial charge >= 0.3 is 0 Å². The Morgan fingerprint density at radius 1 is 0.846 bits per heavy atom. The first kappa shape index (κ1) is 17.9. The number of hydrogen-bond donors (Lipinski definition) is 1. The quantitative estimate of drug-likeness (QED) is 0.503. The van der Waals surface area contributed by atoms with Crippen LogP contribution < -0.4 is 5.43 Å². The van der Waals surface area contributed by atoms with Crippen molar-refractivity contribution in [1.29, 1.82) is 0 Å². The van der Waals surface area contributed by atoms with Gasteiger partial charge in [0.25, 0.3) is 5.91 Å². The lowest BCUT2D eigenvalue weighted by Crippen LogP contribution is -2.27. The molecule has 0 fully saturated rings. The monoisotopic (exact) mass is 362 g/mol. The minimum absolute atomic E-state index is 0.171. The predicted molar refractivity (Wildman–Crippen MR) is 107 cm³/mol. The number of benzene rings is 3. The Kier molecular flexibility index (Phi) is 5.82. The molecule has 0 radical (unpaired) electrons. The van der Waals surface area contributed by atoms with Crippen LogP contribution in [0.1, 0.15) is 29.5 Å². The Morgan fingerprint density at radius 3 is 1.85 bits per heavy atom. The van der Waals surface area contributed by atoms with E-state index in [9.17, 15) is 4.79 Å². The summed E-state index contributed by atoms with van der Waals surface area (Å²) in [4.78, 5) is 12.9. The van der Waals surface area contributed by atoms with E-state index in [0.29, 0.717) is 5.02 Å². The van der Waals surface area contributed by atoms with Gasteiger partial charge in [-0.2, -0.15) is 5.10 Å². The van der Waals surface area contributed by atoms with Gasteiger partial charge in [0.05, 0.1) is 11.6 Å². The highest BCUT2D eigenvalue weighted by Gasteiger charge is 2.22. The van der Waals surface area contributed by atoms with Crippen LogP contribution in [-0.4, -0.2) is 11.6 Å². The average Bonchev–Trinajstić information content (AvgIpc) is 2.68. The van der Waals surface area contributed by atoms with Crippen molar-refractivity contribution in [3.05, 3.63) is 107 Å². The molecule has 1 N–H and O–H groups in total. The van der Waals surface area contributed by atoms with Gasteiger partial charge in [0.15, 0.2) is 0 Å². The summed E-state index contributed by atoms with van der Waals surface area (Å²) in [6.07, 6.45) is 0. The van der Waals surface area contributed by atoms with Gasteiger partial charge in [0.1, 0.15) is 0 Å². The van der Waals surface area contributed by atoms with E-state index in [0.717, 1.165) is 22.4 Å². The molecule has 3 rings (SSSR count). The Labute approximate surface area is 158 Å². The molecule has 0 aliphatic rings. The van der Waals surface area contributed by atoms with Crippen LogP contribution in [0.3, 0.4) is 0 Å². The van der Waals surface area contributed by atoms with Gasteiger partial charge in [-0.3, -0.25) is 4.79 Å². The molecule has 0 aliphatic carbocycles. The van der Waals surface area contributed by atoms with Gasteiger partial charge < -0.3 is 0 Å². The maximum atomic E-state index is 12.9. The van der Waals surface area contributed by atoms with Crippen LogP contribution in [0.5, 0.6) is 0 Å². The molecule has 130 valence electrons. The van der Waals surface area contributed by atoms with Crippen molar-refractivity contribution in [2.45, 2.75) is 12.8 Å². The molecule has 0 atom stereocenters. The molecular formula is C22H19ClN2O. The molecule has 1 amide bonds. The van der Waals surface area contributed by atoms with Crippen molar-refractivity contribution in [3.63, 3.8) is 0 Å². The second-order valence-corrected chi connectivity index (χ2v) is 6.37. The zero-order chi connectivity index (χ0) is 18.4. The first-order valence-electron chi connectivity index (χ1n) is 8.35. The fourth-order valence-corrected chi connectivity index (χ4v) is 2.87.